The summed E-state index contributed by atoms with van der Waals surface area (Å²) in [6, 6.07) is 4.90. The van der Waals surface area contributed by atoms with E-state index < -0.39 is 5.97 Å². The molecular formula is C12H16BrNO3. The van der Waals surface area contributed by atoms with Crippen LogP contribution >= 0.6 is 15.9 Å². The van der Waals surface area contributed by atoms with Crippen molar-refractivity contribution in [1.29, 1.82) is 0 Å². The molecule has 94 valence electrons. The third-order valence-corrected chi connectivity index (χ3v) is 3.19. The highest BCUT2D eigenvalue weighted by atomic mass is 79.9. The van der Waals surface area contributed by atoms with Gasteiger partial charge in [0.05, 0.1) is 12.2 Å². The lowest BCUT2D eigenvalue weighted by Crippen LogP contribution is -2.42. The summed E-state index contributed by atoms with van der Waals surface area (Å²) in [6.07, 6.45) is 0. The third-order valence-electron chi connectivity index (χ3n) is 2.45. The molecule has 5 heteroatoms. The molecule has 17 heavy (non-hydrogen) atoms. The van der Waals surface area contributed by atoms with Crippen molar-refractivity contribution in [2.45, 2.75) is 25.9 Å². The molecule has 0 amide bonds. The molecule has 0 radical (unpaired) electrons. The minimum atomic E-state index is -0.944. The average Bonchev–Trinajstić information content (AvgIpc) is 2.27. The second-order valence-corrected chi connectivity index (χ2v) is 5.36. The van der Waals surface area contributed by atoms with E-state index in [2.05, 4.69) is 21.2 Å². The van der Waals surface area contributed by atoms with Crippen LogP contribution in [-0.2, 0) is 6.54 Å². The lowest BCUT2D eigenvalue weighted by molar-refractivity contribution is 0.0697. The molecule has 4 nitrogen and oxygen atoms in total. The quantitative estimate of drug-likeness (QED) is 0.778. The van der Waals surface area contributed by atoms with E-state index in [0.717, 1.165) is 10.0 Å². The molecule has 0 saturated carbocycles. The van der Waals surface area contributed by atoms with Crippen LogP contribution in [0.2, 0.25) is 0 Å². The first-order valence-electron chi connectivity index (χ1n) is 5.23. The molecule has 0 aromatic heterocycles. The van der Waals surface area contributed by atoms with E-state index in [-0.39, 0.29) is 17.7 Å². The Labute approximate surface area is 109 Å². The molecule has 0 heterocycles. The number of hydrogen-bond donors (Lipinski definition) is 3. The molecule has 0 spiro atoms. The van der Waals surface area contributed by atoms with Gasteiger partial charge in [0.1, 0.15) is 0 Å². The lowest BCUT2D eigenvalue weighted by atomic mass is 10.1. The van der Waals surface area contributed by atoms with Crippen LogP contribution in [0, 0.1) is 0 Å². The van der Waals surface area contributed by atoms with Gasteiger partial charge in [-0.15, -0.1) is 0 Å². The molecular weight excluding hydrogens is 286 g/mol. The molecule has 3 N–H and O–H groups in total. The van der Waals surface area contributed by atoms with Crippen molar-refractivity contribution >= 4 is 21.9 Å². The first kappa shape index (κ1) is 14.2. The Morgan fingerprint density at radius 1 is 1.47 bits per heavy atom. The Bertz CT molecular complexity index is 418. The van der Waals surface area contributed by atoms with Gasteiger partial charge < -0.3 is 15.5 Å². The Balaban J connectivity index is 2.77. The van der Waals surface area contributed by atoms with Gasteiger partial charge in [-0.25, -0.2) is 4.79 Å². The second-order valence-electron chi connectivity index (χ2n) is 4.51. The number of nitrogens with one attached hydrogen (secondary N) is 1. The van der Waals surface area contributed by atoms with Gasteiger partial charge in [-0.2, -0.15) is 0 Å². The van der Waals surface area contributed by atoms with E-state index in [1.54, 1.807) is 18.2 Å². The summed E-state index contributed by atoms with van der Waals surface area (Å²) in [5.74, 6) is -0.944. The molecule has 0 saturated heterocycles. The van der Waals surface area contributed by atoms with E-state index in [0.29, 0.717) is 6.54 Å². The first-order chi connectivity index (χ1) is 7.85. The maximum Gasteiger partial charge on any atom is 0.335 e. The summed E-state index contributed by atoms with van der Waals surface area (Å²) in [5.41, 5.74) is 0.851. The molecule has 0 unspecified atom stereocenters. The summed E-state index contributed by atoms with van der Waals surface area (Å²) < 4.78 is 0.749. The van der Waals surface area contributed by atoms with E-state index in [1.165, 1.54) is 0 Å². The van der Waals surface area contributed by atoms with Crippen molar-refractivity contribution in [2.75, 3.05) is 6.61 Å². The van der Waals surface area contributed by atoms with Crippen LogP contribution in [0.15, 0.2) is 22.7 Å². The number of carboxylic acids is 1. The van der Waals surface area contributed by atoms with Crippen LogP contribution in [0.4, 0.5) is 0 Å². The topological polar surface area (TPSA) is 69.6 Å². The largest absolute Gasteiger partial charge is 0.478 e. The third kappa shape index (κ3) is 4.11. The molecule has 1 aromatic rings. The summed E-state index contributed by atoms with van der Waals surface area (Å²) in [7, 11) is 0. The van der Waals surface area contributed by atoms with Crippen molar-refractivity contribution in [3.8, 4) is 0 Å². The number of aromatic carboxylic acids is 1. The van der Waals surface area contributed by atoms with Gasteiger partial charge in [0.15, 0.2) is 0 Å². The van der Waals surface area contributed by atoms with E-state index >= 15 is 0 Å². The number of aliphatic hydroxyl groups excluding tert-OH is 1. The summed E-state index contributed by atoms with van der Waals surface area (Å²) in [6.45, 7) is 4.39. The molecule has 0 bridgehead atoms. The van der Waals surface area contributed by atoms with Gasteiger partial charge in [0, 0.05) is 16.6 Å². The van der Waals surface area contributed by atoms with Gasteiger partial charge >= 0.3 is 5.97 Å². The zero-order chi connectivity index (χ0) is 13.1. The Hall–Kier alpha value is -0.910. The molecule has 0 atom stereocenters. The molecule has 1 aromatic carbocycles. The van der Waals surface area contributed by atoms with Crippen molar-refractivity contribution in [3.63, 3.8) is 0 Å². The normalized spacial score (nSPS) is 11.5. The zero-order valence-corrected chi connectivity index (χ0v) is 11.4. The predicted molar refractivity (Wildman–Crippen MR) is 69.1 cm³/mol. The van der Waals surface area contributed by atoms with Crippen LogP contribution in [0.5, 0.6) is 0 Å². The smallest absolute Gasteiger partial charge is 0.335 e. The highest BCUT2D eigenvalue weighted by molar-refractivity contribution is 9.10. The van der Waals surface area contributed by atoms with Gasteiger partial charge in [-0.1, -0.05) is 22.0 Å². The average molecular weight is 302 g/mol. The van der Waals surface area contributed by atoms with Crippen LogP contribution in [-0.4, -0.2) is 28.3 Å². The van der Waals surface area contributed by atoms with Gasteiger partial charge in [0.2, 0.25) is 0 Å². The van der Waals surface area contributed by atoms with Crippen molar-refractivity contribution < 1.29 is 15.0 Å². The number of rotatable bonds is 5. The van der Waals surface area contributed by atoms with E-state index in [9.17, 15) is 4.79 Å². The number of carbonyl (C=O) groups is 1. The Kier molecular flexibility index (Phi) is 4.68. The number of benzene rings is 1. The van der Waals surface area contributed by atoms with Crippen molar-refractivity contribution in [2.24, 2.45) is 0 Å². The zero-order valence-electron chi connectivity index (χ0n) is 9.83. The van der Waals surface area contributed by atoms with E-state index in [1.807, 2.05) is 13.8 Å². The molecule has 0 aliphatic carbocycles. The van der Waals surface area contributed by atoms with Gasteiger partial charge in [0.25, 0.3) is 0 Å². The molecule has 0 aliphatic heterocycles. The van der Waals surface area contributed by atoms with E-state index in [4.69, 9.17) is 10.2 Å². The number of aliphatic hydroxyl groups is 1. The molecule has 0 fully saturated rings. The number of halogens is 1. The van der Waals surface area contributed by atoms with Crippen LogP contribution < -0.4 is 5.32 Å². The highest BCUT2D eigenvalue weighted by Gasteiger charge is 2.15. The second kappa shape index (κ2) is 5.62. The van der Waals surface area contributed by atoms with Crippen molar-refractivity contribution in [3.05, 3.63) is 33.8 Å². The first-order valence-corrected chi connectivity index (χ1v) is 6.02. The van der Waals surface area contributed by atoms with Crippen LogP contribution in [0.3, 0.4) is 0 Å². The monoisotopic (exact) mass is 301 g/mol. The Morgan fingerprint density at radius 3 is 2.59 bits per heavy atom. The number of carboxylic acid groups (broad SMARTS) is 1. The summed E-state index contributed by atoms with van der Waals surface area (Å²) >= 11 is 3.34. The Morgan fingerprint density at radius 2 is 2.12 bits per heavy atom. The highest BCUT2D eigenvalue weighted by Crippen LogP contribution is 2.19. The van der Waals surface area contributed by atoms with Gasteiger partial charge in [-0.3, -0.25) is 0 Å². The van der Waals surface area contributed by atoms with Crippen LogP contribution in [0.25, 0.3) is 0 Å². The SMILES string of the molecule is CC(C)(CO)NCc1ccc(C(=O)O)cc1Br. The maximum atomic E-state index is 10.8. The number of hydrogen-bond acceptors (Lipinski definition) is 3. The fourth-order valence-electron chi connectivity index (χ4n) is 1.21. The molecule has 1 rings (SSSR count). The summed E-state index contributed by atoms with van der Waals surface area (Å²) in [5, 5.41) is 21.1. The fraction of sp³-hybridized carbons (Fsp3) is 0.417. The van der Waals surface area contributed by atoms with Gasteiger partial charge in [-0.05, 0) is 31.5 Å². The molecule has 0 aliphatic rings. The van der Waals surface area contributed by atoms with Crippen molar-refractivity contribution in [1.82, 2.24) is 5.32 Å². The lowest BCUT2D eigenvalue weighted by Gasteiger charge is -2.23. The maximum absolute atomic E-state index is 10.8. The predicted octanol–water partition coefficient (Wildman–Crippen LogP) is 2.01. The standard InChI is InChI=1S/C12H16BrNO3/c1-12(2,7-15)14-6-9-4-3-8(11(16)17)5-10(9)13/h3-5,14-15H,6-7H2,1-2H3,(H,16,17). The minimum Gasteiger partial charge on any atom is -0.478 e. The van der Waals surface area contributed by atoms with Crippen LogP contribution in [0.1, 0.15) is 29.8 Å². The summed E-state index contributed by atoms with van der Waals surface area (Å²) in [4.78, 5) is 10.8. The minimum absolute atomic E-state index is 0.0395. The fourth-order valence-corrected chi connectivity index (χ4v) is 1.73.